The third-order valence-corrected chi connectivity index (χ3v) is 3.63. The zero-order valence-electron chi connectivity index (χ0n) is 10.2. The van der Waals surface area contributed by atoms with E-state index in [9.17, 15) is 9.59 Å². The van der Waals surface area contributed by atoms with Crippen LogP contribution in [0.2, 0.25) is 0 Å². The molecule has 5 nitrogen and oxygen atoms in total. The normalized spacial score (nSPS) is 24.4. The molecule has 96 valence electrons. The average Bonchev–Trinajstić information content (AvgIpc) is 3.00. The summed E-state index contributed by atoms with van der Waals surface area (Å²) < 4.78 is 0. The van der Waals surface area contributed by atoms with Gasteiger partial charge in [-0.05, 0) is 25.7 Å². The first-order valence-electron chi connectivity index (χ1n) is 6.52. The number of hydrogen-bond acceptors (Lipinski definition) is 3. The lowest BCUT2D eigenvalue weighted by Gasteiger charge is -2.27. The van der Waals surface area contributed by atoms with E-state index in [1.165, 1.54) is 0 Å². The van der Waals surface area contributed by atoms with Crippen LogP contribution in [0.15, 0.2) is 0 Å². The zero-order valence-corrected chi connectivity index (χ0v) is 10.2. The van der Waals surface area contributed by atoms with Crippen molar-refractivity contribution in [2.75, 3.05) is 26.2 Å². The van der Waals surface area contributed by atoms with Crippen LogP contribution in [-0.4, -0.2) is 53.8 Å². The zero-order chi connectivity index (χ0) is 12.3. The summed E-state index contributed by atoms with van der Waals surface area (Å²) >= 11 is 0. The minimum absolute atomic E-state index is 0.0301. The van der Waals surface area contributed by atoms with Gasteiger partial charge in [0.2, 0.25) is 11.8 Å². The lowest BCUT2D eigenvalue weighted by Crippen LogP contribution is -2.47. The van der Waals surface area contributed by atoms with Gasteiger partial charge in [0, 0.05) is 32.6 Å². The lowest BCUT2D eigenvalue weighted by atomic mass is 10.2. The summed E-state index contributed by atoms with van der Waals surface area (Å²) in [4.78, 5) is 27.7. The average molecular weight is 239 g/mol. The van der Waals surface area contributed by atoms with Gasteiger partial charge in [-0.3, -0.25) is 9.59 Å². The number of hydrogen-bond donors (Lipinski definition) is 1. The highest BCUT2D eigenvalue weighted by molar-refractivity contribution is 5.88. The highest BCUT2D eigenvalue weighted by atomic mass is 16.2. The predicted molar refractivity (Wildman–Crippen MR) is 64.2 cm³/mol. The van der Waals surface area contributed by atoms with Crippen molar-refractivity contribution in [2.24, 2.45) is 5.73 Å². The second-order valence-corrected chi connectivity index (χ2v) is 4.82. The molecule has 0 saturated carbocycles. The Morgan fingerprint density at radius 3 is 2.47 bits per heavy atom. The van der Waals surface area contributed by atoms with Crippen LogP contribution in [0.25, 0.3) is 0 Å². The first-order valence-corrected chi connectivity index (χ1v) is 6.52. The Bertz CT molecular complexity index is 300. The van der Waals surface area contributed by atoms with Crippen LogP contribution < -0.4 is 5.73 Å². The standard InChI is InChI=1S/C12H21N3O2/c13-6-5-11(16)15-9-3-4-10(15)12(17)14-7-1-2-8-14/h10H,1-9,13H2/t10-/m1/s1. The lowest BCUT2D eigenvalue weighted by molar-refractivity contribution is -0.143. The summed E-state index contributed by atoms with van der Waals surface area (Å²) in [5.41, 5.74) is 5.40. The van der Waals surface area contributed by atoms with Gasteiger partial charge in [-0.25, -0.2) is 0 Å². The third-order valence-electron chi connectivity index (χ3n) is 3.63. The van der Waals surface area contributed by atoms with E-state index < -0.39 is 0 Å². The van der Waals surface area contributed by atoms with E-state index in [0.717, 1.165) is 38.8 Å². The Morgan fingerprint density at radius 1 is 1.12 bits per heavy atom. The van der Waals surface area contributed by atoms with E-state index >= 15 is 0 Å². The molecule has 0 aromatic rings. The molecular weight excluding hydrogens is 218 g/mol. The van der Waals surface area contributed by atoms with Crippen molar-refractivity contribution in [3.63, 3.8) is 0 Å². The van der Waals surface area contributed by atoms with Crippen LogP contribution in [-0.2, 0) is 9.59 Å². The smallest absolute Gasteiger partial charge is 0.245 e. The molecule has 0 radical (unpaired) electrons. The second kappa shape index (κ2) is 5.49. The molecule has 2 aliphatic rings. The van der Waals surface area contributed by atoms with E-state index in [0.29, 0.717) is 19.5 Å². The molecule has 1 atom stereocenters. The summed E-state index contributed by atoms with van der Waals surface area (Å²) in [6.45, 7) is 2.78. The molecule has 0 aromatic heterocycles. The van der Waals surface area contributed by atoms with Crippen molar-refractivity contribution in [1.82, 2.24) is 9.80 Å². The third kappa shape index (κ3) is 2.60. The quantitative estimate of drug-likeness (QED) is 0.751. The van der Waals surface area contributed by atoms with E-state index in [1.54, 1.807) is 4.90 Å². The first-order chi connectivity index (χ1) is 8.24. The maximum atomic E-state index is 12.3. The summed E-state index contributed by atoms with van der Waals surface area (Å²) in [5, 5.41) is 0. The number of rotatable bonds is 3. The van der Waals surface area contributed by atoms with Gasteiger partial charge in [0.05, 0.1) is 0 Å². The Kier molecular flexibility index (Phi) is 3.99. The second-order valence-electron chi connectivity index (χ2n) is 4.82. The van der Waals surface area contributed by atoms with Gasteiger partial charge in [0.25, 0.3) is 0 Å². The molecule has 2 N–H and O–H groups in total. The molecular formula is C12H21N3O2. The molecule has 0 bridgehead atoms. The van der Waals surface area contributed by atoms with E-state index in [-0.39, 0.29) is 17.9 Å². The summed E-state index contributed by atoms with van der Waals surface area (Å²) in [7, 11) is 0. The van der Waals surface area contributed by atoms with Crippen molar-refractivity contribution in [3.05, 3.63) is 0 Å². The molecule has 0 aromatic carbocycles. The van der Waals surface area contributed by atoms with Crippen molar-refractivity contribution in [1.29, 1.82) is 0 Å². The molecule has 0 unspecified atom stereocenters. The van der Waals surface area contributed by atoms with E-state index in [4.69, 9.17) is 5.73 Å². The van der Waals surface area contributed by atoms with Gasteiger partial charge >= 0.3 is 0 Å². The van der Waals surface area contributed by atoms with Crippen LogP contribution in [0.1, 0.15) is 32.1 Å². The highest BCUT2D eigenvalue weighted by Gasteiger charge is 2.36. The Morgan fingerprint density at radius 2 is 1.82 bits per heavy atom. The van der Waals surface area contributed by atoms with Gasteiger partial charge in [0.15, 0.2) is 0 Å². The maximum absolute atomic E-state index is 12.3. The minimum atomic E-state index is -0.216. The Labute approximate surface area is 102 Å². The summed E-state index contributed by atoms with van der Waals surface area (Å²) in [6, 6.07) is -0.216. The van der Waals surface area contributed by atoms with Gasteiger partial charge in [-0.2, -0.15) is 0 Å². The number of carbonyl (C=O) groups is 2. The van der Waals surface area contributed by atoms with Crippen molar-refractivity contribution in [2.45, 2.75) is 38.1 Å². The highest BCUT2D eigenvalue weighted by Crippen LogP contribution is 2.22. The van der Waals surface area contributed by atoms with Crippen molar-refractivity contribution >= 4 is 11.8 Å². The minimum Gasteiger partial charge on any atom is -0.341 e. The fourth-order valence-electron chi connectivity index (χ4n) is 2.74. The number of likely N-dealkylation sites (tertiary alicyclic amines) is 2. The van der Waals surface area contributed by atoms with Gasteiger partial charge in [0.1, 0.15) is 6.04 Å². The number of carbonyl (C=O) groups excluding carboxylic acids is 2. The molecule has 2 rings (SSSR count). The molecule has 0 aliphatic carbocycles. The topological polar surface area (TPSA) is 66.6 Å². The van der Waals surface area contributed by atoms with Crippen LogP contribution >= 0.6 is 0 Å². The Hall–Kier alpha value is -1.10. The number of amides is 2. The molecule has 2 heterocycles. The van der Waals surface area contributed by atoms with Crippen LogP contribution in [0.4, 0.5) is 0 Å². The summed E-state index contributed by atoms with van der Waals surface area (Å²) in [5.74, 6) is 0.174. The molecule has 2 saturated heterocycles. The van der Waals surface area contributed by atoms with Crippen LogP contribution in [0, 0.1) is 0 Å². The largest absolute Gasteiger partial charge is 0.341 e. The monoisotopic (exact) mass is 239 g/mol. The molecule has 2 fully saturated rings. The molecule has 0 spiro atoms. The molecule has 2 amide bonds. The van der Waals surface area contributed by atoms with E-state index in [2.05, 4.69) is 0 Å². The Balaban J connectivity index is 1.98. The van der Waals surface area contributed by atoms with Crippen LogP contribution in [0.3, 0.4) is 0 Å². The molecule has 17 heavy (non-hydrogen) atoms. The SMILES string of the molecule is NCCC(=O)N1CCC[C@@H]1C(=O)N1CCCC1. The fourth-order valence-corrected chi connectivity index (χ4v) is 2.74. The van der Waals surface area contributed by atoms with Crippen molar-refractivity contribution < 1.29 is 9.59 Å². The van der Waals surface area contributed by atoms with E-state index in [1.807, 2.05) is 4.90 Å². The van der Waals surface area contributed by atoms with Gasteiger partial charge in [-0.15, -0.1) is 0 Å². The number of nitrogens with zero attached hydrogens (tertiary/aromatic N) is 2. The van der Waals surface area contributed by atoms with Crippen LogP contribution in [0.5, 0.6) is 0 Å². The number of nitrogens with two attached hydrogens (primary N) is 1. The van der Waals surface area contributed by atoms with Gasteiger partial charge < -0.3 is 15.5 Å². The predicted octanol–water partition coefficient (Wildman–Crippen LogP) is -0.0514. The molecule has 2 aliphatic heterocycles. The maximum Gasteiger partial charge on any atom is 0.245 e. The first kappa shape index (κ1) is 12.4. The molecule has 5 heteroatoms. The van der Waals surface area contributed by atoms with Crippen molar-refractivity contribution in [3.8, 4) is 0 Å². The fraction of sp³-hybridized carbons (Fsp3) is 0.833. The summed E-state index contributed by atoms with van der Waals surface area (Å²) in [6.07, 6.45) is 4.28. The van der Waals surface area contributed by atoms with Gasteiger partial charge in [-0.1, -0.05) is 0 Å².